The van der Waals surface area contributed by atoms with E-state index in [-0.39, 0.29) is 5.54 Å². The van der Waals surface area contributed by atoms with Crippen LogP contribution in [0.2, 0.25) is 0 Å². The number of piperazine rings is 1. The van der Waals surface area contributed by atoms with Gasteiger partial charge in [-0.05, 0) is 52.0 Å². The van der Waals surface area contributed by atoms with Crippen LogP contribution < -0.4 is 5.32 Å². The second-order valence-electron chi connectivity index (χ2n) is 7.78. The van der Waals surface area contributed by atoms with Gasteiger partial charge in [0.15, 0.2) is 0 Å². The molecule has 0 amide bonds. The molecule has 0 aromatic rings. The molecule has 0 aromatic heterocycles. The largest absolute Gasteiger partial charge is 0.312 e. The van der Waals surface area contributed by atoms with Crippen molar-refractivity contribution >= 4 is 0 Å². The van der Waals surface area contributed by atoms with Crippen LogP contribution >= 0.6 is 0 Å². The van der Waals surface area contributed by atoms with E-state index >= 15 is 0 Å². The number of hydrogen-bond acceptors (Lipinski definition) is 3. The van der Waals surface area contributed by atoms with Crippen molar-refractivity contribution in [1.29, 1.82) is 0 Å². The summed E-state index contributed by atoms with van der Waals surface area (Å²) in [5.41, 5.74) is 0.247. The van der Waals surface area contributed by atoms with Crippen LogP contribution in [0.4, 0.5) is 0 Å². The summed E-state index contributed by atoms with van der Waals surface area (Å²) in [6.07, 6.45) is 2.96. The van der Waals surface area contributed by atoms with Gasteiger partial charge in [-0.1, -0.05) is 6.92 Å². The maximum absolute atomic E-state index is 3.62. The third kappa shape index (κ3) is 6.24. The highest BCUT2D eigenvalue weighted by Gasteiger charge is 2.26. The lowest BCUT2D eigenvalue weighted by Gasteiger charge is -2.36. The molecule has 2 fully saturated rings. The first kappa shape index (κ1) is 15.3. The van der Waals surface area contributed by atoms with Crippen LogP contribution in [0.1, 0.15) is 40.5 Å². The van der Waals surface area contributed by atoms with Gasteiger partial charge in [-0.15, -0.1) is 0 Å². The zero-order valence-electron chi connectivity index (χ0n) is 13.4. The summed E-state index contributed by atoms with van der Waals surface area (Å²) in [7, 11) is 0. The molecule has 3 nitrogen and oxygen atoms in total. The highest BCUT2D eigenvalue weighted by molar-refractivity contribution is 4.81. The van der Waals surface area contributed by atoms with Crippen LogP contribution in [0.25, 0.3) is 0 Å². The summed E-state index contributed by atoms with van der Waals surface area (Å²) in [5, 5.41) is 3.62. The minimum atomic E-state index is 0.247. The Bertz CT molecular complexity index is 260. The summed E-state index contributed by atoms with van der Waals surface area (Å²) < 4.78 is 0. The van der Waals surface area contributed by atoms with Gasteiger partial charge < -0.3 is 15.1 Å². The normalized spacial score (nSPS) is 24.6. The van der Waals surface area contributed by atoms with Gasteiger partial charge in [0.1, 0.15) is 0 Å². The number of hydrogen-bond donors (Lipinski definition) is 1. The van der Waals surface area contributed by atoms with Crippen LogP contribution in [0.15, 0.2) is 0 Å². The van der Waals surface area contributed by atoms with Gasteiger partial charge in [-0.2, -0.15) is 0 Å². The van der Waals surface area contributed by atoms with Crippen LogP contribution in [0, 0.1) is 11.8 Å². The van der Waals surface area contributed by atoms with Gasteiger partial charge in [0.2, 0.25) is 0 Å². The first-order valence-electron chi connectivity index (χ1n) is 8.12. The molecule has 3 heteroatoms. The Kier molecular flexibility index (Phi) is 5.27. The van der Waals surface area contributed by atoms with Gasteiger partial charge in [-0.25, -0.2) is 0 Å². The fourth-order valence-electron chi connectivity index (χ4n) is 2.81. The molecule has 0 spiro atoms. The molecule has 1 aliphatic carbocycles. The van der Waals surface area contributed by atoms with Gasteiger partial charge in [0.05, 0.1) is 0 Å². The molecule has 2 aliphatic rings. The van der Waals surface area contributed by atoms with E-state index in [1.807, 2.05) is 0 Å². The third-order valence-electron chi connectivity index (χ3n) is 4.23. The highest BCUT2D eigenvalue weighted by atomic mass is 15.3. The topological polar surface area (TPSA) is 18.5 Å². The van der Waals surface area contributed by atoms with Gasteiger partial charge in [0.25, 0.3) is 0 Å². The monoisotopic (exact) mass is 267 g/mol. The van der Waals surface area contributed by atoms with Crippen molar-refractivity contribution in [2.45, 2.75) is 46.1 Å². The minimum absolute atomic E-state index is 0.247. The average Bonchev–Trinajstić information content (AvgIpc) is 3.12. The predicted molar refractivity (Wildman–Crippen MR) is 82.5 cm³/mol. The Labute approximate surface area is 119 Å². The van der Waals surface area contributed by atoms with Crippen molar-refractivity contribution in [2.24, 2.45) is 11.8 Å². The summed E-state index contributed by atoms with van der Waals surface area (Å²) in [5.74, 6) is 1.79. The van der Waals surface area contributed by atoms with Crippen molar-refractivity contribution < 1.29 is 0 Å². The molecule has 1 atom stereocenters. The molecule has 1 aliphatic heterocycles. The van der Waals surface area contributed by atoms with Gasteiger partial charge in [0, 0.05) is 44.8 Å². The van der Waals surface area contributed by atoms with E-state index in [4.69, 9.17) is 0 Å². The molecule has 0 bridgehead atoms. The van der Waals surface area contributed by atoms with Gasteiger partial charge >= 0.3 is 0 Å². The second kappa shape index (κ2) is 6.55. The molecule has 1 saturated carbocycles. The number of nitrogens with zero attached hydrogens (tertiary/aromatic N) is 2. The quantitative estimate of drug-likeness (QED) is 0.794. The third-order valence-corrected chi connectivity index (χ3v) is 4.23. The average molecular weight is 267 g/mol. The summed E-state index contributed by atoms with van der Waals surface area (Å²) in [4.78, 5) is 5.32. The number of rotatable bonds is 6. The molecule has 0 aromatic carbocycles. The fraction of sp³-hybridized carbons (Fsp3) is 1.00. The molecular formula is C16H33N3. The summed E-state index contributed by atoms with van der Waals surface area (Å²) in [6.45, 7) is 18.0. The molecule has 1 saturated heterocycles. The van der Waals surface area contributed by atoms with Crippen LogP contribution in [0.5, 0.6) is 0 Å². The minimum Gasteiger partial charge on any atom is -0.312 e. The van der Waals surface area contributed by atoms with Gasteiger partial charge in [-0.3, -0.25) is 0 Å². The van der Waals surface area contributed by atoms with Crippen molar-refractivity contribution in [3.63, 3.8) is 0 Å². The Hall–Kier alpha value is -0.120. The Morgan fingerprint density at radius 2 is 1.63 bits per heavy atom. The van der Waals surface area contributed by atoms with E-state index < -0.39 is 0 Å². The molecule has 1 N–H and O–H groups in total. The van der Waals surface area contributed by atoms with E-state index in [1.165, 1.54) is 52.1 Å². The van der Waals surface area contributed by atoms with E-state index in [2.05, 4.69) is 42.8 Å². The highest BCUT2D eigenvalue weighted by Crippen LogP contribution is 2.29. The number of nitrogens with one attached hydrogen (secondary N) is 1. The lowest BCUT2D eigenvalue weighted by atomic mass is 10.1. The summed E-state index contributed by atoms with van der Waals surface area (Å²) in [6, 6.07) is 0. The van der Waals surface area contributed by atoms with Crippen molar-refractivity contribution in [3.05, 3.63) is 0 Å². The molecule has 0 radical (unpaired) electrons. The maximum Gasteiger partial charge on any atom is 0.0110 e. The van der Waals surface area contributed by atoms with E-state index in [1.54, 1.807) is 0 Å². The predicted octanol–water partition coefficient (Wildman–Crippen LogP) is 2.04. The van der Waals surface area contributed by atoms with Crippen molar-refractivity contribution in [1.82, 2.24) is 15.1 Å². The molecule has 2 rings (SSSR count). The Balaban J connectivity index is 1.58. The van der Waals surface area contributed by atoms with Crippen molar-refractivity contribution in [3.8, 4) is 0 Å². The van der Waals surface area contributed by atoms with E-state index in [0.29, 0.717) is 0 Å². The van der Waals surface area contributed by atoms with E-state index in [9.17, 15) is 0 Å². The van der Waals surface area contributed by atoms with Crippen molar-refractivity contribution in [2.75, 3.05) is 45.8 Å². The SMILES string of the molecule is CC(CNC(C)(C)C)CN1CCN(CC2CC2)CC1. The summed E-state index contributed by atoms with van der Waals surface area (Å²) >= 11 is 0. The zero-order chi connectivity index (χ0) is 13.9. The molecule has 1 unspecified atom stereocenters. The standard InChI is InChI=1S/C16H33N3/c1-14(11-17-16(2,3)4)12-18-7-9-19(10-8-18)13-15-5-6-15/h14-15,17H,5-13H2,1-4H3. The maximum atomic E-state index is 3.62. The molecule has 112 valence electrons. The first-order chi connectivity index (χ1) is 8.92. The fourth-order valence-corrected chi connectivity index (χ4v) is 2.81. The zero-order valence-corrected chi connectivity index (χ0v) is 13.4. The second-order valence-corrected chi connectivity index (χ2v) is 7.78. The Morgan fingerprint density at radius 1 is 1.05 bits per heavy atom. The molecule has 19 heavy (non-hydrogen) atoms. The van der Waals surface area contributed by atoms with Crippen LogP contribution in [-0.4, -0.2) is 61.2 Å². The van der Waals surface area contributed by atoms with E-state index in [0.717, 1.165) is 18.4 Å². The molecule has 1 heterocycles. The lowest BCUT2D eigenvalue weighted by Crippen LogP contribution is -2.49. The van der Waals surface area contributed by atoms with Crippen LogP contribution in [-0.2, 0) is 0 Å². The Morgan fingerprint density at radius 3 is 2.16 bits per heavy atom. The van der Waals surface area contributed by atoms with Crippen LogP contribution in [0.3, 0.4) is 0 Å². The first-order valence-corrected chi connectivity index (χ1v) is 8.12. The smallest absolute Gasteiger partial charge is 0.0110 e. The molecular weight excluding hydrogens is 234 g/mol. The lowest BCUT2D eigenvalue weighted by molar-refractivity contribution is 0.115.